The van der Waals surface area contributed by atoms with E-state index in [-0.39, 0.29) is 131 Å². The molecule has 8 aromatic rings. The van der Waals surface area contributed by atoms with Gasteiger partial charge < -0.3 is 53.0 Å². The Morgan fingerprint density at radius 3 is 2.05 bits per heavy atom. The fraction of sp³-hybridized carbons (Fsp3) is 0.338. The number of amides is 5. The van der Waals surface area contributed by atoms with Gasteiger partial charge >= 0.3 is 24.6 Å². The maximum atomic E-state index is 13.9. The van der Waals surface area contributed by atoms with Crippen molar-refractivity contribution in [2.45, 2.75) is 104 Å². The number of carbonyl (C=O) groups excluding carboxylic acids is 16. The summed E-state index contributed by atoms with van der Waals surface area (Å²) in [5, 5.41) is 34.5. The van der Waals surface area contributed by atoms with Crippen LogP contribution in [0.5, 0.6) is 5.75 Å². The molecule has 0 fully saturated rings. The monoisotopic (exact) mass is 1590 g/mol. The van der Waals surface area contributed by atoms with Gasteiger partial charge in [-0.2, -0.15) is 43.3 Å². The molecule has 0 saturated carbocycles. The van der Waals surface area contributed by atoms with Crippen LogP contribution in [0.15, 0.2) is 114 Å². The largest absolute Gasteiger partial charge is 0.507 e. The van der Waals surface area contributed by atoms with Gasteiger partial charge in [-0.05, 0) is 109 Å². The summed E-state index contributed by atoms with van der Waals surface area (Å²) in [6.45, 7) is 6.72. The first-order valence-corrected chi connectivity index (χ1v) is 37.9. The number of unbranched alkanes of at least 4 members (excludes halogenated alkanes) is 1. The minimum Gasteiger partial charge on any atom is -0.507 e. The molecule has 32 nitrogen and oxygen atoms in total. The third-order valence-electron chi connectivity index (χ3n) is 17.5. The lowest BCUT2D eigenvalue weighted by Gasteiger charge is -2.17. The van der Waals surface area contributed by atoms with Gasteiger partial charge in [0.15, 0.2) is 22.9 Å². The number of aromatic nitrogens is 5. The van der Waals surface area contributed by atoms with Crippen molar-refractivity contribution in [3.05, 3.63) is 158 Å². The number of aromatic amines is 2. The molecule has 4 atom stereocenters. The molecule has 3 aromatic heterocycles. The molecule has 588 valence electrons. The zero-order valence-corrected chi connectivity index (χ0v) is 63.8. The number of halogens is 1. The zero-order chi connectivity index (χ0) is 82.4. The van der Waals surface area contributed by atoms with Crippen molar-refractivity contribution >= 4 is 173 Å². The van der Waals surface area contributed by atoms with Crippen LogP contribution in [0, 0.1) is 23.2 Å². The number of H-pyrrole nitrogens is 2. The number of phenolic OH excluding ortho intramolecular Hbond substituents is 1. The Balaban J connectivity index is 0.000000399. The SMILES string of the molecule is CNC(=O)[C@H](C)CC(=O)CCCCC(=O)c1ccc(CCc2cnc3nc(N)[nH]c(=O)c3n2)cc1.C[C@H](CC(=O)[C@@H](C)CCCNC(=N)N)C(=O)NCCSSCCC(=O)Nc1ccc2c(c1)C=C(C(=O)Nc1ccc3[nH]c(C(=O)N4CC(CCl)c5c4cc(O)c4ccccc54)cc3c1)C2.O=C=O.O=C=O.O=C=O.O=C=O. The summed E-state index contributed by atoms with van der Waals surface area (Å²) in [5.74, 6) is -0.233. The summed E-state index contributed by atoms with van der Waals surface area (Å²) in [6, 6.07) is 29.4. The molecule has 2 aliphatic rings. The van der Waals surface area contributed by atoms with E-state index in [9.17, 15) is 48.3 Å². The van der Waals surface area contributed by atoms with E-state index in [1.807, 2.05) is 79.7 Å². The zero-order valence-electron chi connectivity index (χ0n) is 61.5. The Morgan fingerprint density at radius 1 is 0.723 bits per heavy atom. The van der Waals surface area contributed by atoms with Gasteiger partial charge in [0, 0.05) is 151 Å². The number of phenols is 1. The number of alkyl halides is 1. The third kappa shape index (κ3) is 27.9. The van der Waals surface area contributed by atoms with Gasteiger partial charge in [-0.3, -0.25) is 53.5 Å². The Morgan fingerprint density at radius 2 is 1.38 bits per heavy atom. The van der Waals surface area contributed by atoms with Gasteiger partial charge in [0.1, 0.15) is 23.0 Å². The maximum absolute atomic E-state index is 13.9. The highest BCUT2D eigenvalue weighted by atomic mass is 35.5. The van der Waals surface area contributed by atoms with Crippen LogP contribution >= 0.6 is 33.2 Å². The van der Waals surface area contributed by atoms with Crippen molar-refractivity contribution in [3.8, 4) is 5.75 Å². The number of aryl methyl sites for hydroxylation is 2. The second-order valence-corrected chi connectivity index (χ2v) is 28.4. The topological polar surface area (TPSA) is 520 Å². The molecule has 1 unspecified atom stereocenters. The Bertz CT molecular complexity index is 4880. The molecule has 1 aliphatic carbocycles. The quantitative estimate of drug-likeness (QED) is 0.00479. The number of guanidine groups is 1. The van der Waals surface area contributed by atoms with Gasteiger partial charge in [-0.25, -0.2) is 9.97 Å². The van der Waals surface area contributed by atoms with Crippen LogP contribution in [-0.2, 0) is 86.4 Å². The number of nitrogen functional groups attached to an aromatic ring is 1. The van der Waals surface area contributed by atoms with Crippen molar-refractivity contribution in [1.29, 1.82) is 5.41 Å². The van der Waals surface area contributed by atoms with Crippen molar-refractivity contribution in [2.24, 2.45) is 23.5 Å². The summed E-state index contributed by atoms with van der Waals surface area (Å²) >= 11 is 6.40. The van der Waals surface area contributed by atoms with Crippen LogP contribution in [-0.4, -0.2) is 152 Å². The molecule has 0 radical (unpaired) electrons. The highest BCUT2D eigenvalue weighted by Gasteiger charge is 2.36. The normalized spacial score (nSPS) is 12.6. The lowest BCUT2D eigenvalue weighted by atomic mass is 9.93. The molecule has 112 heavy (non-hydrogen) atoms. The Hall–Kier alpha value is -12.4. The third-order valence-corrected chi connectivity index (χ3v) is 20.3. The summed E-state index contributed by atoms with van der Waals surface area (Å²) in [6.07, 6.45) is 10.2. The number of nitrogens with zero attached hydrogens (tertiary/aromatic N) is 4. The number of nitrogens with two attached hydrogens (primary N) is 2. The number of hydrogen-bond donors (Lipinski definition) is 11. The molecular weight excluding hydrogens is 1510 g/mol. The lowest BCUT2D eigenvalue weighted by Crippen LogP contribution is -2.33. The molecule has 5 amide bonds. The number of fused-ring (bicyclic) bond motifs is 6. The number of nitrogens with one attached hydrogen (secondary N) is 8. The minimum absolute atomic E-state index is 0.000165. The molecule has 0 bridgehead atoms. The fourth-order valence-corrected chi connectivity index (χ4v) is 14.1. The molecule has 0 spiro atoms. The number of aromatic hydroxyl groups is 1. The van der Waals surface area contributed by atoms with Crippen molar-refractivity contribution in [3.63, 3.8) is 0 Å². The molecule has 4 heterocycles. The van der Waals surface area contributed by atoms with E-state index in [1.54, 1.807) is 83.9 Å². The number of Topliss-reactive ketones (excluding diaryl/α,β-unsaturated/α-hetero) is 3. The van der Waals surface area contributed by atoms with E-state index in [1.165, 1.54) is 0 Å². The first-order valence-electron chi connectivity index (χ1n) is 34.9. The predicted molar refractivity (Wildman–Crippen MR) is 416 cm³/mol. The number of hydrogen-bond acceptors (Lipinski definition) is 25. The van der Waals surface area contributed by atoms with Crippen LogP contribution in [0.25, 0.3) is 38.9 Å². The van der Waals surface area contributed by atoms with Gasteiger partial charge in [0.05, 0.1) is 17.6 Å². The van der Waals surface area contributed by atoms with E-state index >= 15 is 0 Å². The summed E-state index contributed by atoms with van der Waals surface area (Å²) < 4.78 is 0. The highest BCUT2D eigenvalue weighted by molar-refractivity contribution is 8.76. The van der Waals surface area contributed by atoms with Crippen LogP contribution in [0.3, 0.4) is 0 Å². The van der Waals surface area contributed by atoms with Crippen molar-refractivity contribution < 1.29 is 81.8 Å². The van der Waals surface area contributed by atoms with Crippen molar-refractivity contribution in [2.75, 3.05) is 65.3 Å². The van der Waals surface area contributed by atoms with Crippen molar-refractivity contribution in [1.82, 2.24) is 40.9 Å². The second kappa shape index (κ2) is 46.8. The van der Waals surface area contributed by atoms with Crippen LogP contribution in [0.4, 0.5) is 23.0 Å². The lowest BCUT2D eigenvalue weighted by molar-refractivity contribution is -0.193. The molecule has 1 aliphatic heterocycles. The number of carbonyl (C=O) groups is 8. The average molecular weight is 1590 g/mol. The molecule has 5 aromatic carbocycles. The van der Waals surface area contributed by atoms with Gasteiger partial charge in [-0.1, -0.05) is 97.0 Å². The number of anilines is 4. The van der Waals surface area contributed by atoms with Crippen LogP contribution < -0.4 is 48.5 Å². The first-order chi connectivity index (χ1) is 53.7. The first kappa shape index (κ1) is 90.2. The minimum atomic E-state index is -0.424. The van der Waals surface area contributed by atoms with Gasteiger partial charge in [-0.15, -0.1) is 11.6 Å². The average Bonchev–Trinajstić information content (AvgIpc) is 1.59. The molecular formula is C77H83ClN14O18S2. The van der Waals surface area contributed by atoms with E-state index in [0.717, 1.165) is 43.9 Å². The number of rotatable bonds is 32. The van der Waals surface area contributed by atoms with E-state index < -0.39 is 11.5 Å². The highest BCUT2D eigenvalue weighted by Crippen LogP contribution is 2.46. The summed E-state index contributed by atoms with van der Waals surface area (Å²) in [5.41, 5.74) is 19.4. The van der Waals surface area contributed by atoms with E-state index in [0.29, 0.717) is 141 Å². The standard InChI is InChI=1S/C48H53ClN8O6S2.C25H30N6O4.4CO2/c1-27(6-5-14-53-48(50)51)41(58)18-28(2)45(61)52-15-17-65-64-16-13-43(60)54-34-10-9-29-19-32(20-30(29)21-34)46(62)55-35-11-12-38-31(22-35)23-39(56-38)47(63)57-26-33(25-49)44-37-8-4-3-7-36(37)42(59)24-40(44)57;1-15(23(34)27-2)13-19(32)5-3-4-6-20(33)17-10-7-16(8-11-17)9-12-18-14-28-22-21(29-18)24(35)31-25(26)30-22;4*2-1-3/h3-4,7-12,20-24,27-28,33,56,59H,5-6,13-19,25-26H2,1-2H3,(H,52,61)(H,54,60)(H,55,62)(H4,50,51,53);7-8,10-11,14-15H,3-6,9,12-13H2,1-2H3,(H,27,34)(H3,26,28,30,31,35);;;;/t27-,28+,33?;15-;;;;/m01..../s1. The van der Waals surface area contributed by atoms with Gasteiger partial charge in [0.2, 0.25) is 23.7 Å². The Labute approximate surface area is 653 Å². The van der Waals surface area contributed by atoms with Crippen LogP contribution in [0.2, 0.25) is 0 Å². The predicted octanol–water partition coefficient (Wildman–Crippen LogP) is 7.74. The number of benzene rings is 5. The molecule has 35 heteroatoms. The Kier molecular flexibility index (Phi) is 37.7. The second-order valence-electron chi connectivity index (χ2n) is 25.4. The van der Waals surface area contributed by atoms with E-state index in [4.69, 9.17) is 66.8 Å². The van der Waals surface area contributed by atoms with Gasteiger partial charge in [0.25, 0.3) is 17.4 Å². The van der Waals surface area contributed by atoms with Crippen LogP contribution in [0.1, 0.15) is 133 Å². The molecule has 10 rings (SSSR count). The maximum Gasteiger partial charge on any atom is 0.373 e. The molecule has 0 saturated heterocycles. The molecule has 13 N–H and O–H groups in total. The van der Waals surface area contributed by atoms with E-state index in [2.05, 4.69) is 51.5 Å². The number of ketones is 3. The summed E-state index contributed by atoms with van der Waals surface area (Å²) in [7, 11) is 4.67. The summed E-state index contributed by atoms with van der Waals surface area (Å²) in [4.78, 5) is 198. The fourth-order valence-electron chi connectivity index (χ4n) is 12.0. The smallest absolute Gasteiger partial charge is 0.373 e.